The van der Waals surface area contributed by atoms with Crippen LogP contribution < -0.4 is 16.5 Å². The largest absolute Gasteiger partial charge is 0.384 e. The van der Waals surface area contributed by atoms with Gasteiger partial charge in [-0.05, 0) is 41.5 Å². The highest BCUT2D eigenvalue weighted by molar-refractivity contribution is 5.99. The number of rotatable bonds is 7. The second kappa shape index (κ2) is 9.16. The van der Waals surface area contributed by atoms with Crippen molar-refractivity contribution in [1.29, 1.82) is 5.26 Å². The number of hydrogen-bond donors (Lipinski definition) is 3. The van der Waals surface area contributed by atoms with E-state index in [0.717, 1.165) is 11.1 Å². The summed E-state index contributed by atoms with van der Waals surface area (Å²) < 4.78 is 0. The van der Waals surface area contributed by atoms with Gasteiger partial charge >= 0.3 is 0 Å². The molecule has 7 nitrogen and oxygen atoms in total. The number of nitrogen functional groups attached to an aromatic ring is 1. The van der Waals surface area contributed by atoms with E-state index in [2.05, 4.69) is 21.9 Å². The van der Waals surface area contributed by atoms with Gasteiger partial charge in [-0.25, -0.2) is 10.5 Å². The third kappa shape index (κ3) is 5.06. The van der Waals surface area contributed by atoms with Crippen LogP contribution >= 0.6 is 0 Å². The van der Waals surface area contributed by atoms with Crippen LogP contribution in [0.2, 0.25) is 0 Å². The first-order valence-electron chi connectivity index (χ1n) is 8.60. The zero-order chi connectivity index (χ0) is 19.8. The SMILES string of the molecule is N#Cc1ccc(CONC(=O)c2ccccc2NCc2ccc(N)nc2)cc1. The normalized spacial score (nSPS) is 10.1. The highest BCUT2D eigenvalue weighted by Crippen LogP contribution is 2.16. The molecular weight excluding hydrogens is 354 g/mol. The van der Waals surface area contributed by atoms with E-state index >= 15 is 0 Å². The number of amides is 1. The summed E-state index contributed by atoms with van der Waals surface area (Å²) in [4.78, 5) is 21.8. The summed E-state index contributed by atoms with van der Waals surface area (Å²) in [6, 6.07) is 19.8. The minimum absolute atomic E-state index is 0.199. The van der Waals surface area contributed by atoms with Crippen molar-refractivity contribution in [3.63, 3.8) is 0 Å². The first-order valence-corrected chi connectivity index (χ1v) is 8.60. The fourth-order valence-electron chi connectivity index (χ4n) is 2.49. The van der Waals surface area contributed by atoms with Crippen LogP contribution in [0.5, 0.6) is 0 Å². The Kier molecular flexibility index (Phi) is 6.18. The molecule has 0 aliphatic carbocycles. The molecule has 4 N–H and O–H groups in total. The van der Waals surface area contributed by atoms with Gasteiger partial charge in [-0.1, -0.05) is 30.3 Å². The van der Waals surface area contributed by atoms with Crippen molar-refractivity contribution >= 4 is 17.4 Å². The number of nitrogens with zero attached hydrogens (tertiary/aromatic N) is 2. The highest BCUT2D eigenvalue weighted by Gasteiger charge is 2.11. The van der Waals surface area contributed by atoms with Crippen molar-refractivity contribution in [3.8, 4) is 6.07 Å². The molecule has 0 atom stereocenters. The second-order valence-electron chi connectivity index (χ2n) is 6.02. The van der Waals surface area contributed by atoms with E-state index in [-0.39, 0.29) is 12.5 Å². The predicted molar refractivity (Wildman–Crippen MR) is 106 cm³/mol. The molecule has 0 aliphatic rings. The van der Waals surface area contributed by atoms with Crippen LogP contribution in [0, 0.1) is 11.3 Å². The molecule has 140 valence electrons. The summed E-state index contributed by atoms with van der Waals surface area (Å²) in [6.07, 6.45) is 1.69. The molecule has 2 aromatic carbocycles. The van der Waals surface area contributed by atoms with E-state index in [9.17, 15) is 4.79 Å². The lowest BCUT2D eigenvalue weighted by Crippen LogP contribution is -2.24. The maximum Gasteiger partial charge on any atom is 0.276 e. The van der Waals surface area contributed by atoms with Gasteiger partial charge in [0.2, 0.25) is 0 Å². The standard InChI is InChI=1S/C21H19N5O2/c22-11-15-5-7-16(8-6-15)14-28-26-21(27)18-3-1-2-4-19(18)24-12-17-9-10-20(23)25-13-17/h1-10,13,24H,12,14H2,(H2,23,25)(H,26,27). The van der Waals surface area contributed by atoms with Gasteiger partial charge in [0.1, 0.15) is 5.82 Å². The number of aromatic nitrogens is 1. The van der Waals surface area contributed by atoms with Gasteiger partial charge in [-0.3, -0.25) is 9.63 Å². The number of anilines is 2. The van der Waals surface area contributed by atoms with E-state index in [0.29, 0.717) is 29.2 Å². The minimum Gasteiger partial charge on any atom is -0.384 e. The van der Waals surface area contributed by atoms with Crippen LogP contribution in [0.25, 0.3) is 0 Å². The molecule has 0 unspecified atom stereocenters. The number of nitriles is 1. The number of pyridine rings is 1. The number of nitrogens with two attached hydrogens (primary N) is 1. The Morgan fingerprint density at radius 1 is 1.07 bits per heavy atom. The minimum atomic E-state index is -0.354. The van der Waals surface area contributed by atoms with Crippen molar-refractivity contribution in [2.24, 2.45) is 0 Å². The molecule has 0 aliphatic heterocycles. The molecule has 0 saturated heterocycles. The molecule has 1 heterocycles. The number of hydroxylamine groups is 1. The molecule has 0 bridgehead atoms. The fraction of sp³-hybridized carbons (Fsp3) is 0.0952. The van der Waals surface area contributed by atoms with Gasteiger partial charge in [-0.15, -0.1) is 0 Å². The molecule has 0 radical (unpaired) electrons. The molecule has 0 fully saturated rings. The summed E-state index contributed by atoms with van der Waals surface area (Å²) in [7, 11) is 0. The predicted octanol–water partition coefficient (Wildman–Crippen LogP) is 3.01. The molecule has 1 aromatic heterocycles. The fourth-order valence-corrected chi connectivity index (χ4v) is 2.49. The van der Waals surface area contributed by atoms with Gasteiger partial charge in [0.05, 0.1) is 23.8 Å². The van der Waals surface area contributed by atoms with Crippen LogP contribution in [0.15, 0.2) is 66.9 Å². The summed E-state index contributed by atoms with van der Waals surface area (Å²) in [5.74, 6) is 0.107. The Hall–Kier alpha value is -3.89. The number of carbonyl (C=O) groups excluding carboxylic acids is 1. The Morgan fingerprint density at radius 2 is 1.82 bits per heavy atom. The van der Waals surface area contributed by atoms with Gasteiger partial charge in [0.15, 0.2) is 0 Å². The zero-order valence-corrected chi connectivity index (χ0v) is 15.1. The van der Waals surface area contributed by atoms with Crippen molar-refractivity contribution < 1.29 is 9.63 Å². The van der Waals surface area contributed by atoms with Gasteiger partial charge < -0.3 is 11.1 Å². The van der Waals surface area contributed by atoms with E-state index in [1.165, 1.54) is 0 Å². The Morgan fingerprint density at radius 3 is 2.54 bits per heavy atom. The highest BCUT2D eigenvalue weighted by atomic mass is 16.6. The number of hydrogen-bond acceptors (Lipinski definition) is 6. The maximum atomic E-state index is 12.5. The maximum absolute atomic E-state index is 12.5. The van der Waals surface area contributed by atoms with Crippen molar-refractivity contribution in [2.75, 3.05) is 11.1 Å². The molecule has 0 saturated carbocycles. The van der Waals surface area contributed by atoms with E-state index in [1.54, 1.807) is 48.7 Å². The summed E-state index contributed by atoms with van der Waals surface area (Å²) in [6.45, 7) is 0.702. The van der Waals surface area contributed by atoms with E-state index in [4.69, 9.17) is 15.8 Å². The van der Waals surface area contributed by atoms with Crippen LogP contribution in [-0.2, 0) is 18.0 Å². The molecule has 0 spiro atoms. The molecule has 28 heavy (non-hydrogen) atoms. The summed E-state index contributed by atoms with van der Waals surface area (Å²) in [5.41, 5.74) is 11.5. The van der Waals surface area contributed by atoms with Crippen LogP contribution in [0.1, 0.15) is 27.0 Å². The van der Waals surface area contributed by atoms with Gasteiger partial charge in [0, 0.05) is 18.4 Å². The molecule has 3 rings (SSSR count). The molecule has 1 amide bonds. The van der Waals surface area contributed by atoms with Gasteiger partial charge in [0.25, 0.3) is 5.91 Å². The third-order valence-electron chi connectivity index (χ3n) is 3.99. The van der Waals surface area contributed by atoms with Crippen molar-refractivity contribution in [2.45, 2.75) is 13.2 Å². The monoisotopic (exact) mass is 373 g/mol. The lowest BCUT2D eigenvalue weighted by atomic mass is 10.1. The lowest BCUT2D eigenvalue weighted by Gasteiger charge is -2.12. The smallest absolute Gasteiger partial charge is 0.276 e. The average molecular weight is 373 g/mol. The van der Waals surface area contributed by atoms with Crippen molar-refractivity contribution in [1.82, 2.24) is 10.5 Å². The number of carbonyl (C=O) groups is 1. The Balaban J connectivity index is 1.57. The third-order valence-corrected chi connectivity index (χ3v) is 3.99. The molecular formula is C21H19N5O2. The second-order valence-corrected chi connectivity index (χ2v) is 6.02. The van der Waals surface area contributed by atoms with Gasteiger partial charge in [-0.2, -0.15) is 5.26 Å². The average Bonchev–Trinajstić information content (AvgIpc) is 2.74. The topological polar surface area (TPSA) is 113 Å². The molecule has 7 heteroatoms. The Bertz CT molecular complexity index is 979. The van der Waals surface area contributed by atoms with Crippen LogP contribution in [-0.4, -0.2) is 10.9 Å². The van der Waals surface area contributed by atoms with Crippen LogP contribution in [0.4, 0.5) is 11.5 Å². The molecule has 3 aromatic rings. The quantitative estimate of drug-likeness (QED) is 0.549. The number of benzene rings is 2. The number of para-hydroxylation sites is 1. The zero-order valence-electron chi connectivity index (χ0n) is 15.1. The first kappa shape index (κ1) is 18.9. The first-order chi connectivity index (χ1) is 13.7. The van der Waals surface area contributed by atoms with Crippen molar-refractivity contribution in [3.05, 3.63) is 89.1 Å². The summed E-state index contributed by atoms with van der Waals surface area (Å²) >= 11 is 0. The van der Waals surface area contributed by atoms with Crippen LogP contribution in [0.3, 0.4) is 0 Å². The summed E-state index contributed by atoms with van der Waals surface area (Å²) in [5, 5.41) is 12.0. The van der Waals surface area contributed by atoms with E-state index < -0.39 is 0 Å². The lowest BCUT2D eigenvalue weighted by molar-refractivity contribution is 0.0234. The Labute approximate surface area is 162 Å². The van der Waals surface area contributed by atoms with E-state index in [1.807, 2.05) is 18.2 Å². The number of nitrogens with one attached hydrogen (secondary N) is 2.